The van der Waals surface area contributed by atoms with E-state index >= 15 is 0 Å². The molecule has 0 fully saturated rings. The molecule has 0 unspecified atom stereocenters. The van der Waals surface area contributed by atoms with Gasteiger partial charge in [-0.25, -0.2) is 4.79 Å². The number of aliphatic hydroxyl groups excluding tert-OH is 1. The number of ether oxygens (including phenoxy) is 1. The summed E-state index contributed by atoms with van der Waals surface area (Å²) in [7, 11) is 0. The number of aromatic nitrogens is 1. The van der Waals surface area contributed by atoms with Crippen LogP contribution in [0.15, 0.2) is 102 Å². The molecule has 4 aromatic carbocycles. The monoisotopic (exact) mass is 607 g/mol. The van der Waals surface area contributed by atoms with Gasteiger partial charge >= 0.3 is 6.09 Å². The Balaban J connectivity index is 1.03. The molecule has 0 spiro atoms. The van der Waals surface area contributed by atoms with Gasteiger partial charge in [-0.3, -0.25) is 10.1 Å². The molecule has 0 aliphatic heterocycles. The molecule has 0 aliphatic carbocycles. The summed E-state index contributed by atoms with van der Waals surface area (Å²) in [6.45, 7) is 1.58. The van der Waals surface area contributed by atoms with E-state index in [0.717, 1.165) is 53.7 Å². The van der Waals surface area contributed by atoms with Gasteiger partial charge in [0.25, 0.3) is 0 Å². The van der Waals surface area contributed by atoms with Crippen molar-refractivity contribution < 1.29 is 24.9 Å². The number of phenolic OH excluding ortho intramolecular Hbond substituents is 1. The molecular weight excluding hydrogens is 570 g/mol. The third-order valence-corrected chi connectivity index (χ3v) is 7.66. The van der Waals surface area contributed by atoms with Crippen molar-refractivity contribution in [2.75, 3.05) is 25.0 Å². The molecule has 9 nitrogen and oxygen atoms in total. The molecule has 0 aliphatic rings. The highest BCUT2D eigenvalue weighted by Gasteiger charge is 2.14. The van der Waals surface area contributed by atoms with Gasteiger partial charge in [-0.15, -0.1) is 0 Å². The van der Waals surface area contributed by atoms with Crippen molar-refractivity contribution in [1.82, 2.24) is 10.3 Å². The Labute approximate surface area is 261 Å². The topological polar surface area (TPSA) is 144 Å². The number of fused-ring (bicyclic) bond motifs is 1. The first-order valence-corrected chi connectivity index (χ1v) is 15.0. The zero-order valence-corrected chi connectivity index (χ0v) is 24.8. The predicted molar refractivity (Wildman–Crippen MR) is 176 cm³/mol. The summed E-state index contributed by atoms with van der Waals surface area (Å²) in [5.41, 5.74) is 5.24. The van der Waals surface area contributed by atoms with Crippen LogP contribution < -0.4 is 20.9 Å². The van der Waals surface area contributed by atoms with Gasteiger partial charge in [-0.2, -0.15) is 0 Å². The Morgan fingerprint density at radius 1 is 0.867 bits per heavy atom. The lowest BCUT2D eigenvalue weighted by atomic mass is 9.99. The fourth-order valence-corrected chi connectivity index (χ4v) is 5.34. The van der Waals surface area contributed by atoms with Gasteiger partial charge < -0.3 is 30.4 Å². The molecule has 9 heteroatoms. The van der Waals surface area contributed by atoms with Gasteiger partial charge in [0.2, 0.25) is 5.56 Å². The second-order valence-electron chi connectivity index (χ2n) is 10.9. The van der Waals surface area contributed by atoms with E-state index in [2.05, 4.69) is 15.6 Å². The number of aryl methyl sites for hydroxylation is 1. The second-order valence-corrected chi connectivity index (χ2v) is 10.9. The minimum absolute atomic E-state index is 0.0325. The van der Waals surface area contributed by atoms with Gasteiger partial charge in [0.15, 0.2) is 0 Å². The highest BCUT2D eigenvalue weighted by atomic mass is 16.5. The van der Waals surface area contributed by atoms with Gasteiger partial charge in [-0.05, 0) is 84.8 Å². The smallest absolute Gasteiger partial charge is 0.409 e. The SMILES string of the molecule is O=C(O)Nc1cc(CCCCOc2ccc(CCNC[C@H](O)c3ccc(O)c4[nH]c(=O)ccc34)cc2)ccc1-c1ccccc1. The number of carboxylic acid groups (broad SMARTS) is 1. The number of phenols is 1. The summed E-state index contributed by atoms with van der Waals surface area (Å²) in [5.74, 6) is 0.773. The molecule has 0 saturated carbocycles. The molecule has 45 heavy (non-hydrogen) atoms. The minimum atomic E-state index is -1.08. The Kier molecular flexibility index (Phi) is 10.5. The lowest BCUT2D eigenvalue weighted by Gasteiger charge is -2.15. The number of H-pyrrole nitrogens is 1. The molecule has 5 aromatic rings. The Morgan fingerprint density at radius 2 is 1.64 bits per heavy atom. The lowest BCUT2D eigenvalue weighted by Crippen LogP contribution is -2.24. The first-order valence-electron chi connectivity index (χ1n) is 15.0. The normalized spacial score (nSPS) is 11.8. The maximum absolute atomic E-state index is 11.6. The molecule has 232 valence electrons. The quantitative estimate of drug-likeness (QED) is 0.0818. The van der Waals surface area contributed by atoms with Crippen molar-refractivity contribution in [1.29, 1.82) is 0 Å². The van der Waals surface area contributed by atoms with Crippen molar-refractivity contribution in [3.63, 3.8) is 0 Å². The molecule has 1 amide bonds. The lowest BCUT2D eigenvalue weighted by molar-refractivity contribution is 0.176. The summed E-state index contributed by atoms with van der Waals surface area (Å²) in [4.78, 5) is 25.6. The number of aliphatic hydroxyl groups is 1. The first-order chi connectivity index (χ1) is 21.9. The summed E-state index contributed by atoms with van der Waals surface area (Å²) in [6.07, 6.45) is 1.48. The van der Waals surface area contributed by atoms with Gasteiger partial charge in [0.05, 0.1) is 23.9 Å². The fraction of sp³-hybridized carbons (Fsp3) is 0.222. The number of aromatic amines is 1. The molecule has 0 saturated heterocycles. The number of rotatable bonds is 14. The zero-order valence-electron chi connectivity index (χ0n) is 24.8. The fourth-order valence-electron chi connectivity index (χ4n) is 5.34. The highest BCUT2D eigenvalue weighted by molar-refractivity contribution is 5.91. The van der Waals surface area contributed by atoms with Crippen molar-refractivity contribution in [2.45, 2.75) is 31.8 Å². The van der Waals surface area contributed by atoms with Crippen LogP contribution in [0.1, 0.15) is 35.6 Å². The van der Waals surface area contributed by atoms with Crippen LogP contribution in [0.2, 0.25) is 0 Å². The number of amides is 1. The number of nitrogens with one attached hydrogen (secondary N) is 3. The third-order valence-electron chi connectivity index (χ3n) is 7.66. The van der Waals surface area contributed by atoms with Crippen LogP contribution in [0.5, 0.6) is 11.5 Å². The number of benzene rings is 4. The van der Waals surface area contributed by atoms with Crippen molar-refractivity contribution in [3.05, 3.63) is 124 Å². The van der Waals surface area contributed by atoms with E-state index < -0.39 is 12.2 Å². The molecule has 0 bridgehead atoms. The summed E-state index contributed by atoms with van der Waals surface area (Å²) in [6, 6.07) is 29.7. The van der Waals surface area contributed by atoms with Crippen LogP contribution in [0.3, 0.4) is 0 Å². The van der Waals surface area contributed by atoms with E-state index in [4.69, 9.17) is 4.74 Å². The number of hydrogen-bond acceptors (Lipinski definition) is 6. The van der Waals surface area contributed by atoms with Crippen LogP contribution in [0.25, 0.3) is 22.0 Å². The second kappa shape index (κ2) is 15.1. The first kappa shape index (κ1) is 31.3. The van der Waals surface area contributed by atoms with E-state index in [9.17, 15) is 24.9 Å². The van der Waals surface area contributed by atoms with Crippen LogP contribution >= 0.6 is 0 Å². The van der Waals surface area contributed by atoms with E-state index in [-0.39, 0.29) is 11.3 Å². The molecule has 6 N–H and O–H groups in total. The molecular formula is C36H37N3O6. The molecule has 1 heterocycles. The third kappa shape index (κ3) is 8.50. The van der Waals surface area contributed by atoms with Crippen LogP contribution in [0, 0.1) is 0 Å². The largest absolute Gasteiger partial charge is 0.506 e. The molecule has 1 atom stereocenters. The summed E-state index contributed by atoms with van der Waals surface area (Å²) < 4.78 is 5.93. The summed E-state index contributed by atoms with van der Waals surface area (Å²) in [5, 5.41) is 36.5. The highest BCUT2D eigenvalue weighted by Crippen LogP contribution is 2.30. The van der Waals surface area contributed by atoms with E-state index in [1.807, 2.05) is 72.8 Å². The van der Waals surface area contributed by atoms with Gasteiger partial charge in [0.1, 0.15) is 11.5 Å². The van der Waals surface area contributed by atoms with Crippen molar-refractivity contribution >= 4 is 22.7 Å². The van der Waals surface area contributed by atoms with Gasteiger partial charge in [-0.1, -0.05) is 60.7 Å². The Hall–Kier alpha value is -5.12. The van der Waals surface area contributed by atoms with Crippen LogP contribution in [-0.4, -0.2) is 46.1 Å². The maximum atomic E-state index is 11.6. The van der Waals surface area contributed by atoms with E-state index in [0.29, 0.717) is 41.9 Å². The standard InChI is InChI=1S/C36H37N3O6/c40-32-17-15-29(30-16-18-34(42)39-35(30)32)33(41)23-37-20-19-24-9-12-27(13-10-24)45-21-5-4-6-25-11-14-28(26-7-2-1-3-8-26)31(22-25)38-36(43)44/h1-3,7-18,22,33,37-38,40-41H,4-6,19-21,23H2,(H,39,42)(H,43,44)/t33-/m0/s1. The average Bonchev–Trinajstić information content (AvgIpc) is 3.04. The maximum Gasteiger partial charge on any atom is 0.409 e. The molecule has 1 aromatic heterocycles. The average molecular weight is 608 g/mol. The minimum Gasteiger partial charge on any atom is -0.506 e. The van der Waals surface area contributed by atoms with Crippen LogP contribution in [-0.2, 0) is 12.8 Å². The zero-order chi connectivity index (χ0) is 31.6. The predicted octanol–water partition coefficient (Wildman–Crippen LogP) is 6.26. The number of carbonyl (C=O) groups is 1. The number of unbranched alkanes of at least 4 members (excludes halogenated alkanes) is 1. The number of hydrogen-bond donors (Lipinski definition) is 6. The van der Waals surface area contributed by atoms with E-state index in [1.54, 1.807) is 12.1 Å². The summed E-state index contributed by atoms with van der Waals surface area (Å²) >= 11 is 0. The number of pyridine rings is 1. The number of anilines is 1. The Bertz CT molecular complexity index is 1790. The van der Waals surface area contributed by atoms with Crippen molar-refractivity contribution in [2.24, 2.45) is 0 Å². The van der Waals surface area contributed by atoms with Crippen LogP contribution in [0.4, 0.5) is 10.5 Å². The van der Waals surface area contributed by atoms with E-state index in [1.165, 1.54) is 12.1 Å². The Morgan fingerprint density at radius 3 is 2.42 bits per heavy atom. The molecule has 0 radical (unpaired) electrons. The molecule has 5 rings (SSSR count). The van der Waals surface area contributed by atoms with Crippen molar-refractivity contribution in [3.8, 4) is 22.6 Å². The van der Waals surface area contributed by atoms with Gasteiger partial charge in [0, 0.05) is 23.6 Å². The number of aromatic hydroxyl groups is 1.